The lowest BCUT2D eigenvalue weighted by atomic mass is 9.94. The predicted molar refractivity (Wildman–Crippen MR) is 132 cm³/mol. The topological polar surface area (TPSA) is 132 Å². The van der Waals surface area contributed by atoms with Crippen LogP contribution < -0.4 is 14.8 Å². The molecule has 14 heteroatoms. The third kappa shape index (κ3) is 6.61. The summed E-state index contributed by atoms with van der Waals surface area (Å²) < 4.78 is 74.1. The average Bonchev–Trinajstić information content (AvgIpc) is 3.63. The standard InChI is InChI=1S/C25H27F3N4O6S/c1-24(5-8-39(35,36)9-6-24)30-22(34)19-12-17-11-18(4-7-32(17)31-19)38-23-20(37-14-25(26,27)28)10-16(13-29-23)21(33)15-2-3-15/h4,7,10-13,15,21,33H,2-3,5-6,8-9,14H2,1H3,(H,30,34). The van der Waals surface area contributed by atoms with Gasteiger partial charge in [0.15, 0.2) is 18.1 Å². The first-order valence-electron chi connectivity index (χ1n) is 12.4. The highest BCUT2D eigenvalue weighted by Gasteiger charge is 2.35. The quantitative estimate of drug-likeness (QED) is 0.421. The number of aliphatic hydroxyl groups is 1. The molecule has 3 aromatic heterocycles. The molecule has 0 radical (unpaired) electrons. The normalized spacial score (nSPS) is 19.4. The highest BCUT2D eigenvalue weighted by molar-refractivity contribution is 7.91. The van der Waals surface area contributed by atoms with Crippen LogP contribution in [0.4, 0.5) is 13.2 Å². The second-order valence-electron chi connectivity index (χ2n) is 10.3. The van der Waals surface area contributed by atoms with E-state index in [4.69, 9.17) is 9.47 Å². The Balaban J connectivity index is 1.34. The molecule has 1 aliphatic carbocycles. The van der Waals surface area contributed by atoms with Crippen molar-refractivity contribution in [3.05, 3.63) is 47.9 Å². The lowest BCUT2D eigenvalue weighted by Crippen LogP contribution is -2.51. The monoisotopic (exact) mass is 568 g/mol. The maximum Gasteiger partial charge on any atom is 0.422 e. The maximum atomic E-state index is 12.9. The Morgan fingerprint density at radius 3 is 2.64 bits per heavy atom. The van der Waals surface area contributed by atoms with Crippen molar-refractivity contribution in [1.82, 2.24) is 19.9 Å². The zero-order chi connectivity index (χ0) is 28.0. The fourth-order valence-electron chi connectivity index (χ4n) is 4.34. The molecule has 210 valence electrons. The molecule has 39 heavy (non-hydrogen) atoms. The number of pyridine rings is 2. The molecule has 1 aliphatic heterocycles. The van der Waals surface area contributed by atoms with Crippen LogP contribution in [0, 0.1) is 5.92 Å². The molecule has 2 aliphatic rings. The first-order chi connectivity index (χ1) is 18.3. The Labute approximate surface area is 222 Å². The van der Waals surface area contributed by atoms with Gasteiger partial charge in [0, 0.05) is 29.6 Å². The van der Waals surface area contributed by atoms with Crippen LogP contribution in [0.3, 0.4) is 0 Å². The molecule has 1 saturated heterocycles. The van der Waals surface area contributed by atoms with Gasteiger partial charge in [-0.2, -0.15) is 18.3 Å². The van der Waals surface area contributed by atoms with E-state index in [1.54, 1.807) is 6.92 Å². The number of fused-ring (bicyclic) bond motifs is 1. The molecule has 1 atom stereocenters. The molecule has 4 heterocycles. The van der Waals surface area contributed by atoms with Gasteiger partial charge in [0.25, 0.3) is 11.8 Å². The second kappa shape index (κ2) is 9.97. The van der Waals surface area contributed by atoms with Gasteiger partial charge in [0.05, 0.1) is 23.1 Å². The molecule has 2 fully saturated rings. The zero-order valence-electron chi connectivity index (χ0n) is 20.9. The van der Waals surface area contributed by atoms with E-state index in [2.05, 4.69) is 15.4 Å². The van der Waals surface area contributed by atoms with E-state index in [0.717, 1.165) is 12.8 Å². The van der Waals surface area contributed by atoms with Crippen LogP contribution in [0.5, 0.6) is 17.4 Å². The smallest absolute Gasteiger partial charge is 0.422 e. The maximum absolute atomic E-state index is 12.9. The van der Waals surface area contributed by atoms with Crippen LogP contribution >= 0.6 is 0 Å². The third-order valence-corrected chi connectivity index (χ3v) is 8.52. The van der Waals surface area contributed by atoms with Crippen molar-refractivity contribution >= 4 is 21.3 Å². The molecule has 10 nitrogen and oxygen atoms in total. The first-order valence-corrected chi connectivity index (χ1v) is 14.2. The average molecular weight is 569 g/mol. The van der Waals surface area contributed by atoms with Gasteiger partial charge in [0.2, 0.25) is 0 Å². The van der Waals surface area contributed by atoms with E-state index in [1.165, 1.54) is 41.2 Å². The van der Waals surface area contributed by atoms with E-state index >= 15 is 0 Å². The minimum atomic E-state index is -4.58. The lowest BCUT2D eigenvalue weighted by Gasteiger charge is -2.34. The van der Waals surface area contributed by atoms with E-state index in [1.807, 2.05) is 0 Å². The molecule has 1 amide bonds. The van der Waals surface area contributed by atoms with Gasteiger partial charge < -0.3 is 19.9 Å². The summed E-state index contributed by atoms with van der Waals surface area (Å²) in [7, 11) is -3.09. The number of aliphatic hydroxyl groups excluding tert-OH is 1. The molecule has 5 rings (SSSR count). The van der Waals surface area contributed by atoms with Crippen LogP contribution in [-0.2, 0) is 9.84 Å². The molecule has 3 aromatic rings. The summed E-state index contributed by atoms with van der Waals surface area (Å²) >= 11 is 0. The number of amides is 1. The summed E-state index contributed by atoms with van der Waals surface area (Å²) in [6, 6.07) is 5.83. The highest BCUT2D eigenvalue weighted by atomic mass is 32.2. The van der Waals surface area contributed by atoms with Crippen LogP contribution in [-0.4, -0.2) is 63.9 Å². The summed E-state index contributed by atoms with van der Waals surface area (Å²) in [5.74, 6) is -0.694. The van der Waals surface area contributed by atoms with Crippen molar-refractivity contribution in [3.63, 3.8) is 0 Å². The Hall–Kier alpha value is -3.39. The number of alkyl halides is 3. The number of nitrogens with zero attached hydrogens (tertiary/aromatic N) is 3. The largest absolute Gasteiger partial charge is 0.478 e. The van der Waals surface area contributed by atoms with Crippen molar-refractivity contribution in [3.8, 4) is 17.4 Å². The fourth-order valence-corrected chi connectivity index (χ4v) is 6.07. The number of halogens is 3. The van der Waals surface area contributed by atoms with Gasteiger partial charge in [-0.15, -0.1) is 0 Å². The summed E-state index contributed by atoms with van der Waals surface area (Å²) in [6.45, 7) is 0.237. The Morgan fingerprint density at radius 2 is 1.97 bits per heavy atom. The molecule has 2 N–H and O–H groups in total. The van der Waals surface area contributed by atoms with Gasteiger partial charge in [-0.3, -0.25) is 4.79 Å². The van der Waals surface area contributed by atoms with E-state index < -0.39 is 40.2 Å². The Morgan fingerprint density at radius 1 is 1.26 bits per heavy atom. The van der Waals surface area contributed by atoms with Gasteiger partial charge in [0.1, 0.15) is 15.6 Å². The van der Waals surface area contributed by atoms with E-state index in [-0.39, 0.29) is 40.5 Å². The number of carbonyl (C=O) groups excluding carboxylic acids is 1. The minimum Gasteiger partial charge on any atom is -0.478 e. The Bertz CT molecular complexity index is 1490. The van der Waals surface area contributed by atoms with Crippen molar-refractivity contribution in [1.29, 1.82) is 0 Å². The minimum absolute atomic E-state index is 0.00112. The van der Waals surface area contributed by atoms with Crippen molar-refractivity contribution in [2.45, 2.75) is 50.4 Å². The first kappa shape index (κ1) is 27.2. The second-order valence-corrected chi connectivity index (χ2v) is 12.6. The molecule has 1 unspecified atom stereocenters. The summed E-state index contributed by atoms with van der Waals surface area (Å²) in [5.41, 5.74) is 0.234. The number of carbonyl (C=O) groups is 1. The predicted octanol–water partition coefficient (Wildman–Crippen LogP) is 3.60. The van der Waals surface area contributed by atoms with Crippen molar-refractivity contribution < 1.29 is 41.0 Å². The van der Waals surface area contributed by atoms with Crippen molar-refractivity contribution in [2.75, 3.05) is 18.1 Å². The molecule has 0 aromatic carbocycles. The molecular formula is C25H27F3N4O6S. The zero-order valence-corrected chi connectivity index (χ0v) is 21.8. The highest BCUT2D eigenvalue weighted by Crippen LogP contribution is 2.42. The molecule has 0 spiro atoms. The van der Waals surface area contributed by atoms with Gasteiger partial charge in [-0.25, -0.2) is 17.9 Å². The van der Waals surface area contributed by atoms with Gasteiger partial charge in [-0.1, -0.05) is 0 Å². The van der Waals surface area contributed by atoms with Crippen molar-refractivity contribution in [2.24, 2.45) is 5.92 Å². The fraction of sp³-hybridized carbons (Fsp3) is 0.480. The number of hydrogen-bond donors (Lipinski definition) is 2. The SMILES string of the molecule is CC1(NC(=O)c2cc3cc(Oc4ncc(C(O)C5CC5)cc4OCC(F)(F)F)ccn3n2)CCS(=O)(=O)CC1. The number of rotatable bonds is 8. The number of aromatic nitrogens is 3. The Kier molecular flexibility index (Phi) is 6.95. The molecule has 0 bridgehead atoms. The number of nitrogens with one attached hydrogen (secondary N) is 1. The third-order valence-electron chi connectivity index (χ3n) is 6.87. The van der Waals surface area contributed by atoms with E-state index in [0.29, 0.717) is 23.9 Å². The molecule has 1 saturated carbocycles. The van der Waals surface area contributed by atoms with Gasteiger partial charge in [-0.05, 0) is 56.7 Å². The summed E-state index contributed by atoms with van der Waals surface area (Å²) in [4.78, 5) is 17.0. The van der Waals surface area contributed by atoms with Crippen LogP contribution in [0.15, 0.2) is 36.7 Å². The van der Waals surface area contributed by atoms with Crippen LogP contribution in [0.1, 0.15) is 54.8 Å². The summed E-state index contributed by atoms with van der Waals surface area (Å²) in [5, 5.41) is 17.5. The van der Waals surface area contributed by atoms with Gasteiger partial charge >= 0.3 is 6.18 Å². The number of ether oxygens (including phenoxy) is 2. The summed E-state index contributed by atoms with van der Waals surface area (Å²) in [6.07, 6.45) is -0.335. The van der Waals surface area contributed by atoms with Crippen LogP contribution in [0.25, 0.3) is 5.52 Å². The number of sulfone groups is 1. The van der Waals surface area contributed by atoms with Crippen LogP contribution in [0.2, 0.25) is 0 Å². The van der Waals surface area contributed by atoms with E-state index in [9.17, 15) is 31.5 Å². The molecular weight excluding hydrogens is 541 g/mol. The lowest BCUT2D eigenvalue weighted by molar-refractivity contribution is -0.153. The number of hydrogen-bond acceptors (Lipinski definition) is 8.